The first-order valence-corrected chi connectivity index (χ1v) is 4.83. The minimum Gasteiger partial charge on any atom is -0.497 e. The van der Waals surface area contributed by atoms with Crippen LogP contribution in [0.4, 0.5) is 13.2 Å². The fraction of sp³-hybridized carbons (Fsp3) is 0.364. The molecule has 1 aromatic rings. The molecule has 7 heteroatoms. The van der Waals surface area contributed by atoms with E-state index in [1.165, 1.54) is 32.4 Å². The molecule has 0 aliphatic heterocycles. The molecule has 0 aliphatic rings. The molecule has 0 saturated heterocycles. The summed E-state index contributed by atoms with van der Waals surface area (Å²) in [6.45, 7) is -0.522. The van der Waals surface area contributed by atoms with Crippen molar-refractivity contribution in [2.75, 3.05) is 14.2 Å². The highest BCUT2D eigenvalue weighted by Gasteiger charge is 2.40. The van der Waals surface area contributed by atoms with Gasteiger partial charge in [0.2, 0.25) is 0 Å². The quantitative estimate of drug-likeness (QED) is 0.783. The third-order valence-electron chi connectivity index (χ3n) is 2.08. The van der Waals surface area contributed by atoms with Crippen LogP contribution in [-0.4, -0.2) is 26.4 Å². The van der Waals surface area contributed by atoms with Crippen molar-refractivity contribution >= 4 is 5.97 Å². The number of alkyl halides is 3. The summed E-state index contributed by atoms with van der Waals surface area (Å²) in [5.41, 5.74) is 0.316. The highest BCUT2D eigenvalue weighted by molar-refractivity contribution is 5.75. The van der Waals surface area contributed by atoms with Crippen LogP contribution in [-0.2, 0) is 16.1 Å². The van der Waals surface area contributed by atoms with E-state index in [1.807, 2.05) is 0 Å². The molecule has 0 aliphatic carbocycles. The minimum atomic E-state index is -5.00. The second kappa shape index (κ2) is 5.61. The van der Waals surface area contributed by atoms with Gasteiger partial charge in [-0.05, 0) is 12.1 Å². The Bertz CT molecular complexity index is 429. The van der Waals surface area contributed by atoms with Crippen LogP contribution in [0.3, 0.4) is 0 Å². The van der Waals surface area contributed by atoms with Crippen LogP contribution in [0.25, 0.3) is 0 Å². The van der Waals surface area contributed by atoms with E-state index in [1.54, 1.807) is 0 Å². The smallest absolute Gasteiger partial charge is 0.490 e. The van der Waals surface area contributed by atoms with Gasteiger partial charge >= 0.3 is 12.1 Å². The van der Waals surface area contributed by atoms with Gasteiger partial charge < -0.3 is 14.2 Å². The highest BCUT2D eigenvalue weighted by atomic mass is 19.4. The number of benzene rings is 1. The molecule has 0 amide bonds. The number of esters is 1. The van der Waals surface area contributed by atoms with Crippen molar-refractivity contribution in [2.24, 2.45) is 0 Å². The first kappa shape index (κ1) is 14.1. The van der Waals surface area contributed by atoms with Crippen molar-refractivity contribution in [1.82, 2.24) is 0 Å². The van der Waals surface area contributed by atoms with E-state index in [4.69, 9.17) is 9.47 Å². The number of hydrogen-bond acceptors (Lipinski definition) is 4. The lowest BCUT2D eigenvalue weighted by atomic mass is 10.2. The number of carbonyl (C=O) groups is 1. The fourth-order valence-corrected chi connectivity index (χ4v) is 1.20. The maximum Gasteiger partial charge on any atom is 0.490 e. The molecule has 0 atom stereocenters. The molecule has 0 fully saturated rings. The Labute approximate surface area is 101 Å². The zero-order valence-electron chi connectivity index (χ0n) is 9.71. The van der Waals surface area contributed by atoms with Gasteiger partial charge in [-0.2, -0.15) is 13.2 Å². The third-order valence-corrected chi connectivity index (χ3v) is 2.08. The molecule has 0 spiro atoms. The molecule has 18 heavy (non-hydrogen) atoms. The first-order chi connectivity index (χ1) is 8.38. The molecule has 0 bridgehead atoms. The SMILES string of the molecule is COc1ccc(COC(=O)C(F)(F)F)c(OC)c1. The van der Waals surface area contributed by atoms with E-state index in [0.29, 0.717) is 11.3 Å². The normalized spacial score (nSPS) is 10.9. The number of carbonyl (C=O) groups excluding carboxylic acids is 1. The number of hydrogen-bond donors (Lipinski definition) is 0. The van der Waals surface area contributed by atoms with Gasteiger partial charge in [0.1, 0.15) is 18.1 Å². The molecule has 4 nitrogen and oxygen atoms in total. The molecule has 0 unspecified atom stereocenters. The minimum absolute atomic E-state index is 0.282. The predicted molar refractivity (Wildman–Crippen MR) is 55.4 cm³/mol. The second-order valence-corrected chi connectivity index (χ2v) is 3.25. The summed E-state index contributed by atoms with van der Waals surface area (Å²) in [7, 11) is 2.79. The van der Waals surface area contributed by atoms with Crippen molar-refractivity contribution in [1.29, 1.82) is 0 Å². The summed E-state index contributed by atoms with van der Waals surface area (Å²) in [5.74, 6) is -1.47. The van der Waals surface area contributed by atoms with Crippen LogP contribution in [0.2, 0.25) is 0 Å². The van der Waals surface area contributed by atoms with Crippen molar-refractivity contribution in [2.45, 2.75) is 12.8 Å². The molecule has 0 N–H and O–H groups in total. The zero-order valence-corrected chi connectivity index (χ0v) is 9.71. The lowest BCUT2D eigenvalue weighted by molar-refractivity contribution is -0.201. The Morgan fingerprint density at radius 3 is 2.39 bits per heavy atom. The van der Waals surface area contributed by atoms with Crippen LogP contribution in [0, 0.1) is 0 Å². The highest BCUT2D eigenvalue weighted by Crippen LogP contribution is 2.26. The molecule has 1 aromatic carbocycles. The Morgan fingerprint density at radius 1 is 1.22 bits per heavy atom. The molecule has 0 heterocycles. The van der Waals surface area contributed by atoms with Gasteiger partial charge in [-0.3, -0.25) is 0 Å². The Hall–Kier alpha value is -1.92. The van der Waals surface area contributed by atoms with E-state index in [0.717, 1.165) is 0 Å². The van der Waals surface area contributed by atoms with E-state index >= 15 is 0 Å². The maximum absolute atomic E-state index is 11.9. The Kier molecular flexibility index (Phi) is 4.41. The number of ether oxygens (including phenoxy) is 3. The van der Waals surface area contributed by atoms with Crippen molar-refractivity contribution in [3.05, 3.63) is 23.8 Å². The number of methoxy groups -OCH3 is 2. The van der Waals surface area contributed by atoms with Crippen LogP contribution in [0.5, 0.6) is 11.5 Å². The summed E-state index contributed by atoms with van der Waals surface area (Å²) in [5, 5.41) is 0. The van der Waals surface area contributed by atoms with Gasteiger partial charge in [-0.1, -0.05) is 0 Å². The van der Waals surface area contributed by atoms with Crippen LogP contribution >= 0.6 is 0 Å². The molecular weight excluding hydrogens is 253 g/mol. The average molecular weight is 264 g/mol. The third kappa shape index (κ3) is 3.54. The predicted octanol–water partition coefficient (Wildman–Crippen LogP) is 2.31. The Balaban J connectivity index is 2.76. The molecule has 100 valence electrons. The monoisotopic (exact) mass is 264 g/mol. The van der Waals surface area contributed by atoms with E-state index < -0.39 is 18.8 Å². The van der Waals surface area contributed by atoms with Crippen molar-refractivity contribution < 1.29 is 32.2 Å². The number of halogens is 3. The number of rotatable bonds is 4. The summed E-state index contributed by atoms with van der Waals surface area (Å²) in [4.78, 5) is 10.5. The molecule has 0 saturated carbocycles. The Morgan fingerprint density at radius 2 is 1.89 bits per heavy atom. The topological polar surface area (TPSA) is 44.8 Å². The van der Waals surface area contributed by atoms with Crippen LogP contribution in [0.1, 0.15) is 5.56 Å². The van der Waals surface area contributed by atoms with Crippen molar-refractivity contribution in [3.63, 3.8) is 0 Å². The van der Waals surface area contributed by atoms with E-state index in [2.05, 4.69) is 4.74 Å². The van der Waals surface area contributed by atoms with Crippen LogP contribution in [0.15, 0.2) is 18.2 Å². The molecule has 1 rings (SSSR count). The zero-order chi connectivity index (χ0) is 13.8. The molecule has 0 aromatic heterocycles. The van der Waals surface area contributed by atoms with E-state index in [9.17, 15) is 18.0 Å². The molecular formula is C11H11F3O4. The fourth-order valence-electron chi connectivity index (χ4n) is 1.20. The van der Waals surface area contributed by atoms with Gasteiger partial charge in [0.05, 0.1) is 14.2 Å². The lowest BCUT2D eigenvalue weighted by Crippen LogP contribution is -2.25. The van der Waals surface area contributed by atoms with Gasteiger partial charge in [-0.15, -0.1) is 0 Å². The second-order valence-electron chi connectivity index (χ2n) is 3.25. The van der Waals surface area contributed by atoms with Gasteiger partial charge in [-0.25, -0.2) is 4.79 Å². The van der Waals surface area contributed by atoms with E-state index in [-0.39, 0.29) is 5.75 Å². The van der Waals surface area contributed by atoms with Crippen molar-refractivity contribution in [3.8, 4) is 11.5 Å². The van der Waals surface area contributed by atoms with Gasteiger partial charge in [0, 0.05) is 11.6 Å². The molecule has 0 radical (unpaired) electrons. The van der Waals surface area contributed by atoms with Gasteiger partial charge in [0.15, 0.2) is 0 Å². The van der Waals surface area contributed by atoms with Gasteiger partial charge in [0.25, 0.3) is 0 Å². The maximum atomic E-state index is 11.9. The summed E-state index contributed by atoms with van der Waals surface area (Å²) in [6.07, 6.45) is -5.00. The van der Waals surface area contributed by atoms with Crippen LogP contribution < -0.4 is 9.47 Å². The summed E-state index contributed by atoms with van der Waals surface area (Å²) < 4.78 is 49.8. The summed E-state index contributed by atoms with van der Waals surface area (Å²) >= 11 is 0. The standard InChI is InChI=1S/C11H11F3O4/c1-16-8-4-3-7(9(5-8)17-2)6-18-10(15)11(12,13)14/h3-5H,6H2,1-2H3. The lowest BCUT2D eigenvalue weighted by Gasteiger charge is -2.11. The largest absolute Gasteiger partial charge is 0.497 e. The summed E-state index contributed by atoms with van der Waals surface area (Å²) in [6, 6.07) is 4.47. The first-order valence-electron chi connectivity index (χ1n) is 4.83. The average Bonchev–Trinajstić information content (AvgIpc) is 2.34.